The standard InChI is InChI=1S/C23H26N2O7/c1-14-11-24(22(28)25(20(14)27)13-30-12-15-7-4-3-5-8-15)21-18-19(29-2)23(32-21)16(26)9-6-10-17(23)31-18/h3-9,11,16-19,21,26H,10,12-13H2,1-2H3/t16-,17+,18+,19-,21+,23?/m0/s1. The lowest BCUT2D eigenvalue weighted by atomic mass is 9.81. The van der Waals surface area contributed by atoms with Crippen LogP contribution in [-0.4, -0.2) is 51.4 Å². The Morgan fingerprint density at radius 1 is 1.25 bits per heavy atom. The average molecular weight is 442 g/mol. The number of methoxy groups -OCH3 is 1. The van der Waals surface area contributed by atoms with Crippen molar-refractivity contribution in [3.8, 4) is 0 Å². The Hall–Kier alpha value is -2.56. The number of aliphatic hydroxyl groups excluding tert-OH is 1. The SMILES string of the molecule is CO[C@H]1[C@H]2O[C@@H]3CC=C[C@H](O)C31O[C@H]2n1cc(C)c(=O)n(COCc2ccccc2)c1=O. The average Bonchev–Trinajstić information content (AvgIpc) is 3.30. The van der Waals surface area contributed by atoms with Gasteiger partial charge < -0.3 is 24.1 Å². The van der Waals surface area contributed by atoms with E-state index in [0.717, 1.165) is 10.1 Å². The summed E-state index contributed by atoms with van der Waals surface area (Å²) in [6.45, 7) is 1.70. The minimum atomic E-state index is -1.10. The molecular weight excluding hydrogens is 416 g/mol. The quantitative estimate of drug-likeness (QED) is 0.663. The summed E-state index contributed by atoms with van der Waals surface area (Å²) in [5.41, 5.74) is -0.796. The highest BCUT2D eigenvalue weighted by Crippen LogP contribution is 2.53. The zero-order valence-electron chi connectivity index (χ0n) is 17.9. The first-order valence-corrected chi connectivity index (χ1v) is 10.6. The molecule has 32 heavy (non-hydrogen) atoms. The summed E-state index contributed by atoms with van der Waals surface area (Å²) in [6.07, 6.45) is 2.27. The predicted octanol–water partition coefficient (Wildman–Crippen LogP) is 0.864. The summed E-state index contributed by atoms with van der Waals surface area (Å²) in [6, 6.07) is 9.50. The summed E-state index contributed by atoms with van der Waals surface area (Å²) in [7, 11) is 1.54. The molecule has 1 aliphatic carbocycles. The highest BCUT2D eigenvalue weighted by atomic mass is 16.7. The molecule has 1 unspecified atom stereocenters. The Kier molecular flexibility index (Phi) is 5.39. The van der Waals surface area contributed by atoms with E-state index in [4.69, 9.17) is 18.9 Å². The highest BCUT2D eigenvalue weighted by Gasteiger charge is 2.70. The molecule has 2 bridgehead atoms. The molecule has 0 radical (unpaired) electrons. The van der Waals surface area contributed by atoms with Crippen molar-refractivity contribution in [3.63, 3.8) is 0 Å². The Morgan fingerprint density at radius 2 is 2.03 bits per heavy atom. The maximum atomic E-state index is 13.3. The van der Waals surface area contributed by atoms with Gasteiger partial charge in [0.05, 0.1) is 12.7 Å². The summed E-state index contributed by atoms with van der Waals surface area (Å²) in [5.74, 6) is 0. The number of fused-ring (bicyclic) bond motifs is 1. The van der Waals surface area contributed by atoms with Gasteiger partial charge in [0.1, 0.15) is 25.0 Å². The van der Waals surface area contributed by atoms with Gasteiger partial charge in [-0.25, -0.2) is 9.36 Å². The van der Waals surface area contributed by atoms with Crippen molar-refractivity contribution >= 4 is 0 Å². The molecule has 5 rings (SSSR count). The third-order valence-electron chi connectivity index (χ3n) is 6.53. The van der Waals surface area contributed by atoms with Crippen LogP contribution in [0.4, 0.5) is 0 Å². The third-order valence-corrected chi connectivity index (χ3v) is 6.53. The van der Waals surface area contributed by atoms with Crippen LogP contribution in [0.2, 0.25) is 0 Å². The lowest BCUT2D eigenvalue weighted by Crippen LogP contribution is -2.57. The van der Waals surface area contributed by atoms with Crippen molar-refractivity contribution in [2.75, 3.05) is 7.11 Å². The van der Waals surface area contributed by atoms with Gasteiger partial charge in [-0.3, -0.25) is 9.36 Å². The summed E-state index contributed by atoms with van der Waals surface area (Å²) < 4.78 is 26.2. The molecule has 2 aromatic rings. The fourth-order valence-corrected chi connectivity index (χ4v) is 5.01. The molecule has 0 saturated carbocycles. The van der Waals surface area contributed by atoms with Gasteiger partial charge in [0.15, 0.2) is 11.8 Å². The third kappa shape index (κ3) is 3.12. The smallest absolute Gasteiger partial charge is 0.335 e. The summed E-state index contributed by atoms with van der Waals surface area (Å²) in [4.78, 5) is 26.0. The van der Waals surface area contributed by atoms with E-state index in [9.17, 15) is 14.7 Å². The zero-order valence-corrected chi connectivity index (χ0v) is 17.9. The second kappa shape index (κ2) is 8.09. The summed E-state index contributed by atoms with van der Waals surface area (Å²) >= 11 is 0. The first kappa shape index (κ1) is 21.3. The molecule has 1 aromatic carbocycles. The monoisotopic (exact) mass is 442 g/mol. The Labute approximate surface area is 184 Å². The molecule has 1 spiro atoms. The molecule has 2 aliphatic heterocycles. The van der Waals surface area contributed by atoms with Gasteiger partial charge in [-0.1, -0.05) is 42.5 Å². The molecule has 6 atom stereocenters. The first-order chi connectivity index (χ1) is 15.5. The zero-order chi connectivity index (χ0) is 22.5. The van der Waals surface area contributed by atoms with E-state index in [0.29, 0.717) is 12.0 Å². The molecule has 2 fully saturated rings. The molecule has 1 N–H and O–H groups in total. The van der Waals surface area contributed by atoms with Crippen LogP contribution in [-0.2, 0) is 32.3 Å². The second-order valence-corrected chi connectivity index (χ2v) is 8.41. The molecule has 170 valence electrons. The first-order valence-electron chi connectivity index (χ1n) is 10.6. The van der Waals surface area contributed by atoms with E-state index in [1.54, 1.807) is 13.0 Å². The lowest BCUT2D eigenvalue weighted by molar-refractivity contribution is -0.239. The maximum absolute atomic E-state index is 13.3. The number of hydrogen-bond acceptors (Lipinski definition) is 7. The Morgan fingerprint density at radius 3 is 2.78 bits per heavy atom. The fraction of sp³-hybridized carbons (Fsp3) is 0.478. The number of rotatable bonds is 6. The van der Waals surface area contributed by atoms with Crippen molar-refractivity contribution in [3.05, 3.63) is 80.6 Å². The van der Waals surface area contributed by atoms with Gasteiger partial charge in [-0.2, -0.15) is 0 Å². The van der Waals surface area contributed by atoms with E-state index in [-0.39, 0.29) is 19.4 Å². The number of aliphatic hydroxyl groups is 1. The number of aryl methyl sites for hydroxylation is 1. The van der Waals surface area contributed by atoms with Crippen molar-refractivity contribution in [1.82, 2.24) is 9.13 Å². The van der Waals surface area contributed by atoms with Gasteiger partial charge in [0, 0.05) is 18.9 Å². The van der Waals surface area contributed by atoms with Crippen molar-refractivity contribution in [2.24, 2.45) is 0 Å². The van der Waals surface area contributed by atoms with Gasteiger partial charge >= 0.3 is 5.69 Å². The van der Waals surface area contributed by atoms with Crippen LogP contribution < -0.4 is 11.2 Å². The molecule has 3 heterocycles. The molecular formula is C23H26N2O7. The predicted molar refractivity (Wildman–Crippen MR) is 113 cm³/mol. The molecule has 2 saturated heterocycles. The van der Waals surface area contributed by atoms with Gasteiger partial charge in [0.25, 0.3) is 5.56 Å². The molecule has 9 nitrogen and oxygen atoms in total. The number of nitrogens with zero attached hydrogens (tertiary/aromatic N) is 2. The van der Waals surface area contributed by atoms with Crippen molar-refractivity contribution in [2.45, 2.75) is 62.9 Å². The van der Waals surface area contributed by atoms with Crippen LogP contribution in [0.15, 0.2) is 58.3 Å². The lowest BCUT2D eigenvalue weighted by Gasteiger charge is -2.42. The van der Waals surface area contributed by atoms with E-state index in [1.165, 1.54) is 17.9 Å². The van der Waals surface area contributed by atoms with E-state index < -0.39 is 41.4 Å². The number of aromatic nitrogens is 2. The minimum absolute atomic E-state index is 0.195. The van der Waals surface area contributed by atoms with Crippen LogP contribution in [0.5, 0.6) is 0 Å². The molecule has 9 heteroatoms. The van der Waals surface area contributed by atoms with Gasteiger partial charge in [-0.15, -0.1) is 0 Å². The molecule has 3 aliphatic rings. The van der Waals surface area contributed by atoms with Crippen molar-refractivity contribution in [1.29, 1.82) is 0 Å². The largest absolute Gasteiger partial charge is 0.386 e. The second-order valence-electron chi connectivity index (χ2n) is 8.41. The van der Waals surface area contributed by atoms with Gasteiger partial charge in [-0.05, 0) is 18.9 Å². The normalized spacial score (nSPS) is 32.9. The minimum Gasteiger partial charge on any atom is -0.386 e. The van der Waals surface area contributed by atoms with Crippen molar-refractivity contribution < 1.29 is 24.1 Å². The van der Waals surface area contributed by atoms with Crippen LogP contribution in [0.1, 0.15) is 23.8 Å². The highest BCUT2D eigenvalue weighted by molar-refractivity contribution is 5.24. The Balaban J connectivity index is 1.45. The van der Waals surface area contributed by atoms with E-state index in [2.05, 4.69) is 0 Å². The maximum Gasteiger partial charge on any atom is 0.335 e. The van der Waals surface area contributed by atoms with Gasteiger partial charge in [0.2, 0.25) is 0 Å². The number of hydrogen-bond donors (Lipinski definition) is 1. The van der Waals surface area contributed by atoms with E-state index >= 15 is 0 Å². The molecule has 1 aromatic heterocycles. The fourth-order valence-electron chi connectivity index (χ4n) is 5.01. The topological polar surface area (TPSA) is 101 Å². The Bertz CT molecular complexity index is 1140. The summed E-state index contributed by atoms with van der Waals surface area (Å²) in [5, 5.41) is 10.7. The van der Waals surface area contributed by atoms with Crippen LogP contribution in [0.3, 0.4) is 0 Å². The van der Waals surface area contributed by atoms with Crippen LogP contribution >= 0.6 is 0 Å². The number of ether oxygens (including phenoxy) is 4. The van der Waals surface area contributed by atoms with Crippen LogP contribution in [0.25, 0.3) is 0 Å². The molecule has 0 amide bonds. The van der Waals surface area contributed by atoms with E-state index in [1.807, 2.05) is 36.4 Å². The van der Waals surface area contributed by atoms with Crippen LogP contribution in [0, 0.1) is 6.92 Å². The number of benzene rings is 1.